The predicted molar refractivity (Wildman–Crippen MR) is 119 cm³/mol. The van der Waals surface area contributed by atoms with E-state index < -0.39 is 5.60 Å². The third-order valence-corrected chi connectivity index (χ3v) is 6.04. The topological polar surface area (TPSA) is 81.7 Å². The number of carbonyl (C=O) groups is 1. The van der Waals surface area contributed by atoms with Crippen LogP contribution in [0.25, 0.3) is 28.1 Å². The average Bonchev–Trinajstić information content (AvgIpc) is 3.41. The van der Waals surface area contributed by atoms with Crippen molar-refractivity contribution in [3.05, 3.63) is 47.3 Å². The number of imidazole rings is 1. The summed E-state index contributed by atoms with van der Waals surface area (Å²) < 4.78 is 9.69. The van der Waals surface area contributed by atoms with Gasteiger partial charge in [-0.15, -0.1) is 0 Å². The molecule has 0 bridgehead atoms. The Balaban J connectivity index is 1.77. The normalized spacial score (nSPS) is 14.5. The Bertz CT molecular complexity index is 1320. The molecular weight excluding hydrogens is 392 g/mol. The molecule has 0 atom stereocenters. The van der Waals surface area contributed by atoms with Crippen molar-refractivity contribution < 1.29 is 14.6 Å². The van der Waals surface area contributed by atoms with Crippen LogP contribution in [0.3, 0.4) is 0 Å². The van der Waals surface area contributed by atoms with E-state index in [1.54, 1.807) is 33.1 Å². The second-order valence-electron chi connectivity index (χ2n) is 8.94. The molecule has 1 fully saturated rings. The van der Waals surface area contributed by atoms with E-state index in [-0.39, 0.29) is 0 Å². The van der Waals surface area contributed by atoms with Crippen LogP contribution >= 0.6 is 0 Å². The number of methoxy groups -OCH3 is 1. The lowest BCUT2D eigenvalue weighted by Crippen LogP contribution is -2.17. The molecule has 1 aliphatic carbocycles. The smallest absolute Gasteiger partial charge is 0.199 e. The fourth-order valence-electron chi connectivity index (χ4n) is 4.16. The Morgan fingerprint density at radius 3 is 2.65 bits per heavy atom. The Labute approximate surface area is 180 Å². The van der Waals surface area contributed by atoms with Crippen molar-refractivity contribution in [1.29, 1.82) is 0 Å². The molecule has 160 valence electrons. The first-order valence-electron chi connectivity index (χ1n) is 10.6. The summed E-state index contributed by atoms with van der Waals surface area (Å²) in [5.41, 5.74) is 4.44. The van der Waals surface area contributed by atoms with E-state index >= 15 is 0 Å². The van der Waals surface area contributed by atoms with Gasteiger partial charge in [-0.3, -0.25) is 9.20 Å². The number of fused-ring (bicyclic) bond motifs is 2. The molecule has 4 aromatic heterocycles. The zero-order valence-corrected chi connectivity index (χ0v) is 18.2. The highest BCUT2D eigenvalue weighted by molar-refractivity contribution is 5.85. The van der Waals surface area contributed by atoms with Crippen LogP contribution in [0.15, 0.2) is 30.3 Å². The van der Waals surface area contributed by atoms with Crippen LogP contribution in [0.2, 0.25) is 0 Å². The largest absolute Gasteiger partial charge is 0.482 e. The van der Waals surface area contributed by atoms with Gasteiger partial charge in [-0.2, -0.15) is 0 Å². The number of carbonyl (C=O) groups excluding carboxylic acids is 1. The van der Waals surface area contributed by atoms with Gasteiger partial charge in [0.1, 0.15) is 28.9 Å². The molecule has 4 aromatic rings. The molecule has 0 aromatic carbocycles. The number of aliphatic hydroxyl groups is 1. The van der Waals surface area contributed by atoms with Gasteiger partial charge in [-0.25, -0.2) is 9.97 Å². The van der Waals surface area contributed by atoms with Crippen molar-refractivity contribution in [2.24, 2.45) is 5.92 Å². The van der Waals surface area contributed by atoms with Gasteiger partial charge in [0.15, 0.2) is 5.88 Å². The molecule has 7 nitrogen and oxygen atoms in total. The average molecular weight is 418 g/mol. The molecule has 0 aliphatic heterocycles. The summed E-state index contributed by atoms with van der Waals surface area (Å²) in [5.74, 6) is 1.21. The van der Waals surface area contributed by atoms with E-state index in [4.69, 9.17) is 14.7 Å². The molecular formula is C24H26N4O3. The minimum atomic E-state index is -1.01. The summed E-state index contributed by atoms with van der Waals surface area (Å²) in [6.07, 6.45) is 3.23. The molecule has 0 spiro atoms. The SMILES string of the molecule is COc1cc(C=O)cc2nc(-c3cc4ccc(C(C)(C)O)nc4n3CC3CC3)c(C)n12. The molecule has 31 heavy (non-hydrogen) atoms. The Hall–Kier alpha value is -3.19. The first-order chi connectivity index (χ1) is 14.8. The summed E-state index contributed by atoms with van der Waals surface area (Å²) in [6.45, 7) is 6.37. The standard InChI is InChI=1S/C24H26N4O3/c1-14-22(26-20-9-16(13-29)10-21(31-4)28(14)20)18-11-17-7-8-19(24(2,3)30)25-23(17)27(18)12-15-5-6-15/h7-11,13,15,30H,5-6,12H2,1-4H3. The second-order valence-corrected chi connectivity index (χ2v) is 8.94. The number of rotatable bonds is 6. The lowest BCUT2D eigenvalue weighted by Gasteiger charge is -2.17. The van der Waals surface area contributed by atoms with Crippen molar-refractivity contribution in [2.75, 3.05) is 7.11 Å². The third-order valence-electron chi connectivity index (χ3n) is 6.04. The van der Waals surface area contributed by atoms with Crippen LogP contribution in [0.4, 0.5) is 0 Å². The van der Waals surface area contributed by atoms with Crippen molar-refractivity contribution >= 4 is 23.0 Å². The lowest BCUT2D eigenvalue weighted by molar-refractivity contribution is 0.0741. The number of pyridine rings is 2. The molecule has 4 heterocycles. The van der Waals surface area contributed by atoms with E-state index in [0.717, 1.165) is 40.9 Å². The van der Waals surface area contributed by atoms with Crippen molar-refractivity contribution in [3.8, 4) is 17.3 Å². The summed E-state index contributed by atoms with van der Waals surface area (Å²) in [7, 11) is 1.59. The first kappa shape index (κ1) is 19.8. The van der Waals surface area contributed by atoms with Crippen LogP contribution in [-0.4, -0.2) is 37.4 Å². The fraction of sp³-hybridized carbons (Fsp3) is 0.375. The molecule has 5 rings (SSSR count). The molecule has 7 heteroatoms. The van der Waals surface area contributed by atoms with E-state index in [1.807, 2.05) is 23.5 Å². The van der Waals surface area contributed by atoms with Crippen molar-refractivity contribution in [3.63, 3.8) is 0 Å². The van der Waals surface area contributed by atoms with Crippen LogP contribution in [0.1, 0.15) is 48.4 Å². The van der Waals surface area contributed by atoms with E-state index in [9.17, 15) is 9.90 Å². The second kappa shape index (κ2) is 6.92. The zero-order valence-electron chi connectivity index (χ0n) is 18.2. The molecule has 1 saturated carbocycles. The summed E-state index contributed by atoms with van der Waals surface area (Å²) >= 11 is 0. The number of aryl methyl sites for hydroxylation is 1. The van der Waals surface area contributed by atoms with E-state index in [0.29, 0.717) is 28.7 Å². The van der Waals surface area contributed by atoms with Crippen LogP contribution in [0.5, 0.6) is 5.88 Å². The highest BCUT2D eigenvalue weighted by Crippen LogP contribution is 2.37. The number of nitrogens with zero attached hydrogens (tertiary/aromatic N) is 4. The predicted octanol–water partition coefficient (Wildman–Crippen LogP) is 4.12. The maximum absolute atomic E-state index is 11.4. The van der Waals surface area contributed by atoms with Gasteiger partial charge in [0.25, 0.3) is 0 Å². The maximum Gasteiger partial charge on any atom is 0.199 e. The zero-order chi connectivity index (χ0) is 21.9. The van der Waals surface area contributed by atoms with Gasteiger partial charge in [-0.05, 0) is 63.8 Å². The molecule has 1 N–H and O–H groups in total. The summed E-state index contributed by atoms with van der Waals surface area (Å²) in [5, 5.41) is 11.5. The van der Waals surface area contributed by atoms with Gasteiger partial charge in [0, 0.05) is 23.6 Å². The Kier molecular flexibility index (Phi) is 4.41. The highest BCUT2D eigenvalue weighted by atomic mass is 16.5. The number of hydrogen-bond donors (Lipinski definition) is 1. The van der Waals surface area contributed by atoms with Crippen LogP contribution in [0, 0.1) is 12.8 Å². The number of ether oxygens (including phenoxy) is 1. The van der Waals surface area contributed by atoms with E-state index in [2.05, 4.69) is 10.6 Å². The lowest BCUT2D eigenvalue weighted by atomic mass is 10.0. The molecule has 0 saturated heterocycles. The number of aromatic nitrogens is 4. The quantitative estimate of drug-likeness (QED) is 0.477. The van der Waals surface area contributed by atoms with Gasteiger partial charge < -0.3 is 14.4 Å². The van der Waals surface area contributed by atoms with Crippen molar-refractivity contribution in [1.82, 2.24) is 18.9 Å². The minimum absolute atomic E-state index is 0.524. The summed E-state index contributed by atoms with van der Waals surface area (Å²) in [4.78, 5) is 21.1. The van der Waals surface area contributed by atoms with Crippen molar-refractivity contribution in [2.45, 2.75) is 45.8 Å². The van der Waals surface area contributed by atoms with E-state index in [1.165, 1.54) is 12.8 Å². The van der Waals surface area contributed by atoms with Gasteiger partial charge in [0.05, 0.1) is 24.2 Å². The monoisotopic (exact) mass is 418 g/mol. The Morgan fingerprint density at radius 2 is 2.00 bits per heavy atom. The Morgan fingerprint density at radius 1 is 1.23 bits per heavy atom. The van der Waals surface area contributed by atoms with Gasteiger partial charge in [0.2, 0.25) is 0 Å². The number of aldehydes is 1. The molecule has 0 amide bonds. The van der Waals surface area contributed by atoms with Gasteiger partial charge >= 0.3 is 0 Å². The summed E-state index contributed by atoms with van der Waals surface area (Å²) in [6, 6.07) is 9.49. The highest BCUT2D eigenvalue weighted by Gasteiger charge is 2.27. The minimum Gasteiger partial charge on any atom is -0.482 e. The maximum atomic E-state index is 11.4. The molecule has 1 aliphatic rings. The van der Waals surface area contributed by atoms with Crippen LogP contribution in [-0.2, 0) is 12.1 Å². The van der Waals surface area contributed by atoms with Gasteiger partial charge in [-0.1, -0.05) is 0 Å². The molecule has 0 unspecified atom stereocenters. The van der Waals surface area contributed by atoms with Crippen LogP contribution < -0.4 is 4.74 Å². The molecule has 0 radical (unpaired) electrons. The third kappa shape index (κ3) is 3.29. The number of hydrogen-bond acceptors (Lipinski definition) is 5. The first-order valence-corrected chi connectivity index (χ1v) is 10.6. The fourth-order valence-corrected chi connectivity index (χ4v) is 4.16.